The lowest BCUT2D eigenvalue weighted by Gasteiger charge is -2.22. The Morgan fingerprint density at radius 1 is 1.28 bits per heavy atom. The van der Waals surface area contributed by atoms with E-state index in [0.29, 0.717) is 12.4 Å². The molecule has 1 aromatic rings. The van der Waals surface area contributed by atoms with E-state index in [4.69, 9.17) is 0 Å². The number of nitrogens with zero attached hydrogens (tertiary/aromatic N) is 3. The smallest absolute Gasteiger partial charge is 0.271 e. The molecule has 4 heteroatoms. The molecule has 4 nitrogen and oxygen atoms in total. The number of fused-ring (bicyclic) bond motifs is 2. The molecule has 0 aromatic heterocycles. The van der Waals surface area contributed by atoms with E-state index in [1.807, 2.05) is 49.5 Å². The molecular formula is C21H25N3O. The highest BCUT2D eigenvalue weighted by molar-refractivity contribution is 6.15. The lowest BCUT2D eigenvalue weighted by molar-refractivity contribution is -0.113. The lowest BCUT2D eigenvalue weighted by Crippen LogP contribution is -2.25. The number of hydrogen-bond donors (Lipinski definition) is 0. The number of amidine groups is 2. The van der Waals surface area contributed by atoms with Crippen LogP contribution in [0.4, 0.5) is 0 Å². The number of hydrogen-bond acceptors (Lipinski definition) is 2. The zero-order chi connectivity index (χ0) is 18.4. The van der Waals surface area contributed by atoms with Gasteiger partial charge in [-0.15, -0.1) is 0 Å². The Morgan fingerprint density at radius 3 is 2.64 bits per heavy atom. The van der Waals surface area contributed by atoms with Gasteiger partial charge in [0.1, 0.15) is 5.84 Å². The predicted octanol–water partition coefficient (Wildman–Crippen LogP) is 4.50. The van der Waals surface area contributed by atoms with Gasteiger partial charge in [0, 0.05) is 18.3 Å². The van der Waals surface area contributed by atoms with Crippen LogP contribution in [0.15, 0.2) is 70.8 Å². The van der Waals surface area contributed by atoms with Gasteiger partial charge in [-0.1, -0.05) is 57.7 Å². The van der Waals surface area contributed by atoms with Crippen molar-refractivity contribution in [3.63, 3.8) is 0 Å². The zero-order valence-electron chi connectivity index (χ0n) is 15.4. The standard InChI is InChI=1S/C17H15N3O.C4H10/c1-3-16(21)19-17-14-7-5-4-6-13(14)11-20-10-12(2)8-9-15(20)18-17;1-4(2)3/h3-10H,1,11H2,2H3;4H,1-3H3. The van der Waals surface area contributed by atoms with E-state index in [9.17, 15) is 4.79 Å². The SMILES string of the molecule is C=CC(=O)N=C1N=C2C=CC(C)=CN2Cc2ccccc21.CC(C)C. The Bertz CT molecular complexity index is 779. The summed E-state index contributed by atoms with van der Waals surface area (Å²) in [6.07, 6.45) is 7.18. The van der Waals surface area contributed by atoms with Crippen LogP contribution in [0.5, 0.6) is 0 Å². The van der Waals surface area contributed by atoms with Crippen LogP contribution in [0.3, 0.4) is 0 Å². The summed E-state index contributed by atoms with van der Waals surface area (Å²) < 4.78 is 0. The topological polar surface area (TPSA) is 45.0 Å². The highest BCUT2D eigenvalue weighted by Gasteiger charge is 2.20. The van der Waals surface area contributed by atoms with Crippen molar-refractivity contribution in [2.24, 2.45) is 15.9 Å². The third-order valence-electron chi connectivity index (χ3n) is 3.36. The number of carbonyl (C=O) groups is 1. The maximum absolute atomic E-state index is 11.6. The van der Waals surface area contributed by atoms with Crippen molar-refractivity contribution in [3.05, 3.63) is 72.0 Å². The minimum absolute atomic E-state index is 0.385. The number of allylic oxidation sites excluding steroid dienone is 2. The maximum Gasteiger partial charge on any atom is 0.271 e. The van der Waals surface area contributed by atoms with E-state index in [1.54, 1.807) is 0 Å². The molecule has 3 rings (SSSR count). The van der Waals surface area contributed by atoms with Crippen LogP contribution in [-0.2, 0) is 11.3 Å². The zero-order valence-corrected chi connectivity index (χ0v) is 15.4. The van der Waals surface area contributed by atoms with E-state index < -0.39 is 0 Å². The molecule has 1 amide bonds. The molecular weight excluding hydrogens is 310 g/mol. The fourth-order valence-corrected chi connectivity index (χ4v) is 2.35. The Labute approximate surface area is 150 Å². The van der Waals surface area contributed by atoms with Crippen molar-refractivity contribution in [3.8, 4) is 0 Å². The third-order valence-corrected chi connectivity index (χ3v) is 3.36. The average molecular weight is 335 g/mol. The second-order valence-electron chi connectivity index (χ2n) is 6.67. The van der Waals surface area contributed by atoms with Gasteiger partial charge in [-0.05, 0) is 36.1 Å². The Morgan fingerprint density at radius 2 is 1.96 bits per heavy atom. The fraction of sp³-hybridized carbons (Fsp3) is 0.286. The van der Waals surface area contributed by atoms with Gasteiger partial charge < -0.3 is 4.90 Å². The van der Waals surface area contributed by atoms with Crippen molar-refractivity contribution in [1.82, 2.24) is 4.90 Å². The van der Waals surface area contributed by atoms with Gasteiger partial charge >= 0.3 is 0 Å². The van der Waals surface area contributed by atoms with Gasteiger partial charge in [0.05, 0.1) is 0 Å². The molecule has 0 saturated heterocycles. The van der Waals surface area contributed by atoms with E-state index >= 15 is 0 Å². The van der Waals surface area contributed by atoms with E-state index in [1.165, 1.54) is 6.08 Å². The minimum Gasteiger partial charge on any atom is -0.328 e. The summed E-state index contributed by atoms with van der Waals surface area (Å²) in [4.78, 5) is 22.3. The number of amides is 1. The summed E-state index contributed by atoms with van der Waals surface area (Å²) in [7, 11) is 0. The second kappa shape index (κ2) is 8.38. The van der Waals surface area contributed by atoms with Gasteiger partial charge in [-0.3, -0.25) is 4.79 Å². The molecule has 0 atom stereocenters. The first-order valence-corrected chi connectivity index (χ1v) is 8.46. The molecule has 0 bridgehead atoms. The first kappa shape index (κ1) is 18.6. The predicted molar refractivity (Wildman–Crippen MR) is 105 cm³/mol. The summed E-state index contributed by atoms with van der Waals surface area (Å²) >= 11 is 0. The average Bonchev–Trinajstić information content (AvgIpc) is 2.70. The molecule has 0 spiro atoms. The molecule has 2 aliphatic rings. The van der Waals surface area contributed by atoms with Crippen LogP contribution in [0.2, 0.25) is 0 Å². The van der Waals surface area contributed by atoms with Gasteiger partial charge in [0.15, 0.2) is 5.84 Å². The first-order valence-electron chi connectivity index (χ1n) is 8.46. The molecule has 130 valence electrons. The van der Waals surface area contributed by atoms with Gasteiger partial charge in [-0.25, -0.2) is 4.99 Å². The van der Waals surface area contributed by atoms with Gasteiger partial charge in [0.2, 0.25) is 0 Å². The lowest BCUT2D eigenvalue weighted by atomic mass is 10.1. The quantitative estimate of drug-likeness (QED) is 0.710. The summed E-state index contributed by atoms with van der Waals surface area (Å²) in [5.74, 6) is 1.67. The number of rotatable bonds is 1. The number of benzene rings is 1. The van der Waals surface area contributed by atoms with Gasteiger partial charge in [0.25, 0.3) is 5.91 Å². The fourth-order valence-electron chi connectivity index (χ4n) is 2.35. The molecule has 0 saturated carbocycles. The van der Waals surface area contributed by atoms with Crippen LogP contribution in [0.1, 0.15) is 38.8 Å². The Kier molecular flexibility index (Phi) is 6.23. The van der Waals surface area contributed by atoms with Crippen LogP contribution >= 0.6 is 0 Å². The van der Waals surface area contributed by atoms with E-state index in [0.717, 1.165) is 28.5 Å². The third kappa shape index (κ3) is 5.11. The molecule has 0 unspecified atom stereocenters. The minimum atomic E-state index is -0.385. The van der Waals surface area contributed by atoms with Crippen molar-refractivity contribution < 1.29 is 4.79 Å². The van der Waals surface area contributed by atoms with Crippen LogP contribution in [0, 0.1) is 5.92 Å². The summed E-state index contributed by atoms with van der Waals surface area (Å²) in [6.45, 7) is 12.7. The van der Waals surface area contributed by atoms with Crippen LogP contribution in [-0.4, -0.2) is 22.5 Å². The number of carbonyl (C=O) groups excluding carboxylic acids is 1. The largest absolute Gasteiger partial charge is 0.328 e. The number of aliphatic imine (C=N–C) groups is 2. The molecule has 0 N–H and O–H groups in total. The highest BCUT2D eigenvalue weighted by atomic mass is 16.1. The van der Waals surface area contributed by atoms with Crippen LogP contribution < -0.4 is 0 Å². The summed E-state index contributed by atoms with van der Waals surface area (Å²) in [6, 6.07) is 7.87. The monoisotopic (exact) mass is 335 g/mol. The van der Waals surface area contributed by atoms with E-state index in [-0.39, 0.29) is 5.91 Å². The molecule has 0 fully saturated rings. The van der Waals surface area contributed by atoms with Crippen LogP contribution in [0.25, 0.3) is 0 Å². The van der Waals surface area contributed by atoms with Crippen molar-refractivity contribution in [2.75, 3.05) is 0 Å². The molecule has 25 heavy (non-hydrogen) atoms. The van der Waals surface area contributed by atoms with E-state index in [2.05, 4.69) is 42.2 Å². The Hall–Kier alpha value is -2.75. The maximum atomic E-state index is 11.6. The second-order valence-corrected chi connectivity index (χ2v) is 6.67. The molecule has 2 aliphatic heterocycles. The summed E-state index contributed by atoms with van der Waals surface area (Å²) in [5.41, 5.74) is 3.13. The Balaban J connectivity index is 0.000000511. The molecule has 0 radical (unpaired) electrons. The summed E-state index contributed by atoms with van der Waals surface area (Å²) in [5, 5.41) is 0. The normalized spacial score (nSPS) is 16.8. The van der Waals surface area contributed by atoms with Crippen molar-refractivity contribution in [2.45, 2.75) is 34.2 Å². The van der Waals surface area contributed by atoms with Crippen molar-refractivity contribution in [1.29, 1.82) is 0 Å². The molecule has 0 aliphatic carbocycles. The highest BCUT2D eigenvalue weighted by Crippen LogP contribution is 2.22. The molecule has 2 heterocycles. The molecule has 1 aromatic carbocycles. The van der Waals surface area contributed by atoms with Gasteiger partial charge in [-0.2, -0.15) is 4.99 Å². The first-order chi connectivity index (χ1) is 11.9. The van der Waals surface area contributed by atoms with Crippen molar-refractivity contribution >= 4 is 17.6 Å².